The molecular formula is C13H28O. The first-order chi connectivity index (χ1) is 6.52. The van der Waals surface area contributed by atoms with E-state index in [1.807, 2.05) is 6.92 Å². The number of rotatable bonds is 8. The van der Waals surface area contributed by atoms with E-state index in [2.05, 4.69) is 20.8 Å². The van der Waals surface area contributed by atoms with Crippen molar-refractivity contribution in [2.75, 3.05) is 0 Å². The number of hydrogen-bond donors (Lipinski definition) is 1. The quantitative estimate of drug-likeness (QED) is 0.628. The highest BCUT2D eigenvalue weighted by Gasteiger charge is 2.04. The summed E-state index contributed by atoms with van der Waals surface area (Å²) in [6.45, 7) is 8.79. The highest BCUT2D eigenvalue weighted by molar-refractivity contribution is 4.57. The average Bonchev–Trinajstić information content (AvgIpc) is 2.02. The van der Waals surface area contributed by atoms with Crippen molar-refractivity contribution in [3.8, 4) is 0 Å². The molecule has 1 N–H and O–H groups in total. The van der Waals surface area contributed by atoms with Crippen molar-refractivity contribution < 1.29 is 5.11 Å². The van der Waals surface area contributed by atoms with Crippen molar-refractivity contribution in [1.82, 2.24) is 0 Å². The van der Waals surface area contributed by atoms with Gasteiger partial charge in [-0.3, -0.25) is 0 Å². The standard InChI is InChI=1S/C13H28O/c1-11(2)7-5-8-12(3)9-6-10-13(4)14/h11-14H,5-10H2,1-4H3. The zero-order chi connectivity index (χ0) is 11.0. The number of hydrogen-bond acceptors (Lipinski definition) is 1. The maximum Gasteiger partial charge on any atom is 0.0512 e. The first-order valence-electron chi connectivity index (χ1n) is 6.20. The van der Waals surface area contributed by atoms with E-state index < -0.39 is 0 Å². The van der Waals surface area contributed by atoms with E-state index in [0.29, 0.717) is 0 Å². The van der Waals surface area contributed by atoms with E-state index in [1.54, 1.807) is 0 Å². The molecule has 0 rings (SSSR count). The first kappa shape index (κ1) is 14.0. The van der Waals surface area contributed by atoms with E-state index in [0.717, 1.165) is 18.3 Å². The van der Waals surface area contributed by atoms with Crippen molar-refractivity contribution >= 4 is 0 Å². The molecule has 0 aromatic rings. The van der Waals surface area contributed by atoms with E-state index in [4.69, 9.17) is 5.11 Å². The lowest BCUT2D eigenvalue weighted by molar-refractivity contribution is 0.178. The molecule has 1 heteroatoms. The van der Waals surface area contributed by atoms with Crippen molar-refractivity contribution in [2.45, 2.75) is 72.3 Å². The first-order valence-corrected chi connectivity index (χ1v) is 6.20. The molecule has 0 saturated heterocycles. The van der Waals surface area contributed by atoms with Gasteiger partial charge in [0, 0.05) is 0 Å². The third kappa shape index (κ3) is 10.0. The van der Waals surface area contributed by atoms with Crippen LogP contribution >= 0.6 is 0 Å². The Kier molecular flexibility index (Phi) is 8.26. The second kappa shape index (κ2) is 8.28. The van der Waals surface area contributed by atoms with Gasteiger partial charge < -0.3 is 5.11 Å². The number of aliphatic hydroxyl groups excluding tert-OH is 1. The third-order valence-electron chi connectivity index (χ3n) is 2.80. The van der Waals surface area contributed by atoms with Crippen LogP contribution in [0.3, 0.4) is 0 Å². The SMILES string of the molecule is CC(C)CCCC(C)CCCC(C)O. The van der Waals surface area contributed by atoms with Gasteiger partial charge in [-0.25, -0.2) is 0 Å². The molecule has 0 aromatic heterocycles. The molecule has 2 atom stereocenters. The van der Waals surface area contributed by atoms with Crippen LogP contribution in [-0.2, 0) is 0 Å². The fourth-order valence-corrected chi connectivity index (χ4v) is 1.78. The summed E-state index contributed by atoms with van der Waals surface area (Å²) in [5.74, 6) is 1.69. The maximum atomic E-state index is 9.11. The molecule has 0 radical (unpaired) electrons. The predicted molar refractivity (Wildman–Crippen MR) is 63.4 cm³/mol. The zero-order valence-corrected chi connectivity index (χ0v) is 10.4. The fourth-order valence-electron chi connectivity index (χ4n) is 1.78. The van der Waals surface area contributed by atoms with E-state index in [9.17, 15) is 0 Å². The minimum Gasteiger partial charge on any atom is -0.393 e. The van der Waals surface area contributed by atoms with Crippen molar-refractivity contribution in [3.05, 3.63) is 0 Å². The minimum absolute atomic E-state index is 0.113. The molecule has 14 heavy (non-hydrogen) atoms. The Morgan fingerprint density at radius 3 is 1.71 bits per heavy atom. The summed E-state index contributed by atoms with van der Waals surface area (Å²) in [7, 11) is 0. The fraction of sp³-hybridized carbons (Fsp3) is 1.00. The van der Waals surface area contributed by atoms with Gasteiger partial charge in [0.2, 0.25) is 0 Å². The molecule has 0 aromatic carbocycles. The van der Waals surface area contributed by atoms with Crippen molar-refractivity contribution in [1.29, 1.82) is 0 Å². The minimum atomic E-state index is -0.113. The lowest BCUT2D eigenvalue weighted by atomic mass is 9.95. The molecule has 0 amide bonds. The number of aliphatic hydroxyl groups is 1. The van der Waals surface area contributed by atoms with Crippen molar-refractivity contribution in [3.63, 3.8) is 0 Å². The van der Waals surface area contributed by atoms with E-state index in [-0.39, 0.29) is 6.10 Å². The zero-order valence-electron chi connectivity index (χ0n) is 10.4. The van der Waals surface area contributed by atoms with E-state index in [1.165, 1.54) is 32.1 Å². The normalized spacial score (nSPS) is 15.9. The molecule has 0 saturated carbocycles. The van der Waals surface area contributed by atoms with Gasteiger partial charge in [-0.1, -0.05) is 52.9 Å². The summed E-state index contributed by atoms with van der Waals surface area (Å²) >= 11 is 0. The van der Waals surface area contributed by atoms with Crippen LogP contribution in [0.1, 0.15) is 66.2 Å². The van der Waals surface area contributed by atoms with Gasteiger partial charge >= 0.3 is 0 Å². The average molecular weight is 200 g/mol. The van der Waals surface area contributed by atoms with Gasteiger partial charge in [-0.2, -0.15) is 0 Å². The molecule has 0 aliphatic carbocycles. The Morgan fingerprint density at radius 2 is 1.29 bits per heavy atom. The van der Waals surface area contributed by atoms with Gasteiger partial charge in [-0.05, 0) is 25.2 Å². The highest BCUT2D eigenvalue weighted by Crippen LogP contribution is 2.17. The maximum absolute atomic E-state index is 9.11. The molecule has 0 heterocycles. The summed E-state index contributed by atoms with van der Waals surface area (Å²) in [4.78, 5) is 0. The monoisotopic (exact) mass is 200 g/mol. The van der Waals surface area contributed by atoms with Crippen LogP contribution in [-0.4, -0.2) is 11.2 Å². The Morgan fingerprint density at radius 1 is 0.786 bits per heavy atom. The summed E-state index contributed by atoms with van der Waals surface area (Å²) in [5.41, 5.74) is 0. The van der Waals surface area contributed by atoms with Crippen LogP contribution in [0, 0.1) is 11.8 Å². The summed E-state index contributed by atoms with van der Waals surface area (Å²) in [6.07, 6.45) is 7.41. The highest BCUT2D eigenvalue weighted by atomic mass is 16.3. The summed E-state index contributed by atoms with van der Waals surface area (Å²) < 4.78 is 0. The Hall–Kier alpha value is -0.0400. The molecule has 86 valence electrons. The second-order valence-corrected chi connectivity index (χ2v) is 5.21. The van der Waals surface area contributed by atoms with Gasteiger partial charge in [0.25, 0.3) is 0 Å². The third-order valence-corrected chi connectivity index (χ3v) is 2.80. The summed E-state index contributed by atoms with van der Waals surface area (Å²) in [5, 5.41) is 9.11. The second-order valence-electron chi connectivity index (χ2n) is 5.21. The van der Waals surface area contributed by atoms with Crippen LogP contribution in [0.2, 0.25) is 0 Å². The van der Waals surface area contributed by atoms with Gasteiger partial charge in [0.05, 0.1) is 6.10 Å². The molecule has 0 bridgehead atoms. The molecule has 0 aliphatic heterocycles. The van der Waals surface area contributed by atoms with Gasteiger partial charge in [0.15, 0.2) is 0 Å². The van der Waals surface area contributed by atoms with Crippen molar-refractivity contribution in [2.24, 2.45) is 11.8 Å². The van der Waals surface area contributed by atoms with Crippen LogP contribution in [0.5, 0.6) is 0 Å². The van der Waals surface area contributed by atoms with Gasteiger partial charge in [0.1, 0.15) is 0 Å². The lowest BCUT2D eigenvalue weighted by Crippen LogP contribution is -2.02. The smallest absolute Gasteiger partial charge is 0.0512 e. The predicted octanol–water partition coefficient (Wildman–Crippen LogP) is 4.00. The molecule has 0 aliphatic rings. The Balaban J connectivity index is 3.23. The van der Waals surface area contributed by atoms with Crippen LogP contribution in [0.15, 0.2) is 0 Å². The summed E-state index contributed by atoms with van der Waals surface area (Å²) in [6, 6.07) is 0. The molecule has 0 fully saturated rings. The molecular weight excluding hydrogens is 172 g/mol. The van der Waals surface area contributed by atoms with Crippen LogP contribution < -0.4 is 0 Å². The Labute approximate surface area is 89.9 Å². The Bertz CT molecular complexity index is 104. The molecule has 0 spiro atoms. The van der Waals surface area contributed by atoms with Gasteiger partial charge in [-0.15, -0.1) is 0 Å². The van der Waals surface area contributed by atoms with Crippen LogP contribution in [0.25, 0.3) is 0 Å². The van der Waals surface area contributed by atoms with Crippen LogP contribution in [0.4, 0.5) is 0 Å². The topological polar surface area (TPSA) is 20.2 Å². The lowest BCUT2D eigenvalue weighted by Gasteiger charge is -2.12. The molecule has 2 unspecified atom stereocenters. The van der Waals surface area contributed by atoms with E-state index >= 15 is 0 Å². The largest absolute Gasteiger partial charge is 0.393 e. The molecule has 1 nitrogen and oxygen atoms in total.